The minimum absolute atomic E-state index is 0.0541. The molecule has 0 aromatic carbocycles. The van der Waals surface area contributed by atoms with Gasteiger partial charge >= 0.3 is 0 Å². The van der Waals surface area contributed by atoms with Gasteiger partial charge in [-0.1, -0.05) is 11.6 Å². The molecule has 0 saturated carbocycles. The van der Waals surface area contributed by atoms with Crippen LogP contribution in [0.3, 0.4) is 0 Å². The number of hydrogen-bond donors (Lipinski definition) is 1. The van der Waals surface area contributed by atoms with Gasteiger partial charge in [-0.15, -0.1) is 0 Å². The molecule has 110 valence electrons. The Bertz CT molecular complexity index is 481. The van der Waals surface area contributed by atoms with Gasteiger partial charge in [0.25, 0.3) is 5.91 Å². The van der Waals surface area contributed by atoms with E-state index in [0.717, 1.165) is 13.1 Å². The molecule has 20 heavy (non-hydrogen) atoms. The Morgan fingerprint density at radius 1 is 1.60 bits per heavy atom. The van der Waals surface area contributed by atoms with E-state index in [1.54, 1.807) is 19.2 Å². The van der Waals surface area contributed by atoms with Crippen LogP contribution in [0.2, 0.25) is 5.02 Å². The van der Waals surface area contributed by atoms with Crippen molar-refractivity contribution in [3.63, 3.8) is 0 Å². The van der Waals surface area contributed by atoms with Gasteiger partial charge in [0, 0.05) is 44.6 Å². The van der Waals surface area contributed by atoms with Gasteiger partial charge in [-0.25, -0.2) is 0 Å². The van der Waals surface area contributed by atoms with Crippen molar-refractivity contribution >= 4 is 17.5 Å². The number of aliphatic hydroxyl groups is 1. The van der Waals surface area contributed by atoms with Gasteiger partial charge in [0.1, 0.15) is 0 Å². The van der Waals surface area contributed by atoms with Gasteiger partial charge < -0.3 is 10.0 Å². The summed E-state index contributed by atoms with van der Waals surface area (Å²) in [6.45, 7) is 6.61. The predicted molar refractivity (Wildman–Crippen MR) is 77.9 cm³/mol. The third kappa shape index (κ3) is 3.48. The van der Waals surface area contributed by atoms with E-state index in [1.807, 2.05) is 11.8 Å². The zero-order valence-corrected chi connectivity index (χ0v) is 12.5. The second-order valence-corrected chi connectivity index (χ2v) is 5.72. The van der Waals surface area contributed by atoms with Crippen molar-refractivity contribution in [2.24, 2.45) is 0 Å². The smallest absolute Gasteiger partial charge is 0.255 e. The first kappa shape index (κ1) is 15.2. The topological polar surface area (TPSA) is 56.7 Å². The van der Waals surface area contributed by atoms with Gasteiger partial charge in [-0.2, -0.15) is 0 Å². The number of β-amino-alcohol motifs (C(OH)–C–C–N with tert-alkyl or cyclic N) is 1. The van der Waals surface area contributed by atoms with Crippen LogP contribution in [0, 0.1) is 0 Å². The van der Waals surface area contributed by atoms with E-state index in [-0.39, 0.29) is 18.1 Å². The first-order valence-corrected chi connectivity index (χ1v) is 7.17. The summed E-state index contributed by atoms with van der Waals surface area (Å²) in [6, 6.07) is 1.75. The summed E-state index contributed by atoms with van der Waals surface area (Å²) in [5.41, 5.74) is 0.498. The van der Waals surface area contributed by atoms with Gasteiger partial charge in [0.15, 0.2) is 0 Å². The van der Waals surface area contributed by atoms with E-state index >= 15 is 0 Å². The fraction of sp³-hybridized carbons (Fsp3) is 0.571. The van der Waals surface area contributed by atoms with Crippen molar-refractivity contribution in [1.82, 2.24) is 14.8 Å². The van der Waals surface area contributed by atoms with Crippen LogP contribution >= 0.6 is 11.6 Å². The van der Waals surface area contributed by atoms with E-state index in [2.05, 4.69) is 9.88 Å². The van der Waals surface area contributed by atoms with Crippen LogP contribution < -0.4 is 0 Å². The van der Waals surface area contributed by atoms with Crippen molar-refractivity contribution in [2.45, 2.75) is 26.0 Å². The van der Waals surface area contributed by atoms with Gasteiger partial charge in [-0.3, -0.25) is 14.7 Å². The minimum atomic E-state index is -0.348. The molecular weight excluding hydrogens is 278 g/mol. The number of carbonyl (C=O) groups excluding carboxylic acids is 1. The molecule has 1 aliphatic rings. The maximum absolute atomic E-state index is 12.5. The molecular formula is C14H20ClN3O2. The summed E-state index contributed by atoms with van der Waals surface area (Å²) < 4.78 is 0. The Hall–Kier alpha value is -1.17. The average Bonchev–Trinajstić information content (AvgIpc) is 2.38. The second-order valence-electron chi connectivity index (χ2n) is 5.31. The molecule has 1 N–H and O–H groups in total. The summed E-state index contributed by atoms with van der Waals surface area (Å²) in [4.78, 5) is 20.4. The van der Waals surface area contributed by atoms with E-state index in [0.29, 0.717) is 23.7 Å². The molecule has 1 saturated heterocycles. The van der Waals surface area contributed by atoms with Crippen molar-refractivity contribution < 1.29 is 9.90 Å². The van der Waals surface area contributed by atoms with Gasteiger partial charge in [0.2, 0.25) is 0 Å². The monoisotopic (exact) mass is 297 g/mol. The highest BCUT2D eigenvalue weighted by Crippen LogP contribution is 2.19. The molecule has 0 spiro atoms. The number of carbonyl (C=O) groups is 1. The first-order chi connectivity index (χ1) is 9.49. The van der Waals surface area contributed by atoms with E-state index < -0.39 is 0 Å². The van der Waals surface area contributed by atoms with Crippen LogP contribution in [0.1, 0.15) is 24.2 Å². The molecule has 1 fully saturated rings. The highest BCUT2D eigenvalue weighted by atomic mass is 35.5. The normalized spacial score (nSPS) is 21.8. The zero-order valence-electron chi connectivity index (χ0n) is 11.8. The maximum Gasteiger partial charge on any atom is 0.255 e. The molecule has 1 aromatic rings. The van der Waals surface area contributed by atoms with Crippen LogP contribution in [-0.2, 0) is 0 Å². The van der Waals surface area contributed by atoms with Crippen molar-refractivity contribution in [3.8, 4) is 0 Å². The van der Waals surface area contributed by atoms with Crippen molar-refractivity contribution in [2.75, 3.05) is 26.2 Å². The highest BCUT2D eigenvalue weighted by molar-refractivity contribution is 6.33. The second kappa shape index (κ2) is 6.52. The van der Waals surface area contributed by atoms with E-state index in [9.17, 15) is 9.90 Å². The summed E-state index contributed by atoms with van der Waals surface area (Å²) in [5.74, 6) is -0.0541. The zero-order chi connectivity index (χ0) is 14.7. The molecule has 0 unspecified atom stereocenters. The summed E-state index contributed by atoms with van der Waals surface area (Å²) in [6.07, 6.45) is 2.72. The van der Waals surface area contributed by atoms with Crippen LogP contribution in [0.25, 0.3) is 0 Å². The summed E-state index contributed by atoms with van der Waals surface area (Å²) in [5, 5.41) is 9.82. The van der Waals surface area contributed by atoms with E-state index in [1.165, 1.54) is 6.20 Å². The number of aromatic nitrogens is 1. The molecule has 1 aromatic heterocycles. The fourth-order valence-electron chi connectivity index (χ4n) is 2.58. The molecule has 1 aliphatic heterocycles. The quantitative estimate of drug-likeness (QED) is 0.913. The Labute approximate surface area is 124 Å². The maximum atomic E-state index is 12.5. The minimum Gasteiger partial charge on any atom is -0.392 e. The molecule has 0 bridgehead atoms. The Morgan fingerprint density at radius 2 is 2.35 bits per heavy atom. The SMILES string of the molecule is C[C@H](O)CN1CCN(C(=O)c2ccncc2Cl)[C@H](C)C1. The number of halogens is 1. The predicted octanol–water partition coefficient (Wildman–Crippen LogP) is 1.26. The molecule has 2 atom stereocenters. The van der Waals surface area contributed by atoms with Crippen LogP contribution in [0.5, 0.6) is 0 Å². The molecule has 5 nitrogen and oxygen atoms in total. The number of rotatable bonds is 3. The van der Waals surface area contributed by atoms with Gasteiger partial charge in [0.05, 0.1) is 16.7 Å². The number of aliphatic hydroxyl groups excluding tert-OH is 1. The Kier molecular flexibility index (Phi) is 4.96. The third-order valence-electron chi connectivity index (χ3n) is 3.50. The lowest BCUT2D eigenvalue weighted by Gasteiger charge is -2.40. The lowest BCUT2D eigenvalue weighted by atomic mass is 10.1. The Morgan fingerprint density at radius 3 is 2.95 bits per heavy atom. The molecule has 0 aliphatic carbocycles. The van der Waals surface area contributed by atoms with Gasteiger partial charge in [-0.05, 0) is 19.9 Å². The average molecular weight is 298 g/mol. The lowest BCUT2D eigenvalue weighted by Crippen LogP contribution is -2.55. The standard InChI is InChI=1S/C14H20ClN3O2/c1-10-8-17(9-11(2)19)5-6-18(10)14(20)12-3-4-16-7-13(12)15/h3-4,7,10-11,19H,5-6,8-9H2,1-2H3/t10-,11+/m1/s1. The van der Waals surface area contributed by atoms with Crippen molar-refractivity contribution in [1.29, 1.82) is 0 Å². The molecule has 2 rings (SSSR count). The third-order valence-corrected chi connectivity index (χ3v) is 3.80. The molecule has 2 heterocycles. The van der Waals surface area contributed by atoms with Crippen molar-refractivity contribution in [3.05, 3.63) is 29.0 Å². The summed E-state index contributed by atoms with van der Waals surface area (Å²) in [7, 11) is 0. The van der Waals surface area contributed by atoms with Crippen LogP contribution in [0.15, 0.2) is 18.5 Å². The molecule has 1 amide bonds. The number of nitrogens with zero attached hydrogens (tertiary/aromatic N) is 3. The Balaban J connectivity index is 2.04. The number of piperazine rings is 1. The largest absolute Gasteiger partial charge is 0.392 e. The molecule has 6 heteroatoms. The summed E-state index contributed by atoms with van der Waals surface area (Å²) >= 11 is 6.03. The first-order valence-electron chi connectivity index (χ1n) is 6.80. The molecule has 0 radical (unpaired) electrons. The lowest BCUT2D eigenvalue weighted by molar-refractivity contribution is 0.0383. The van der Waals surface area contributed by atoms with E-state index in [4.69, 9.17) is 11.6 Å². The number of amides is 1. The fourth-order valence-corrected chi connectivity index (χ4v) is 2.78. The number of hydrogen-bond acceptors (Lipinski definition) is 4. The number of pyridine rings is 1. The highest BCUT2D eigenvalue weighted by Gasteiger charge is 2.29. The van der Waals surface area contributed by atoms with Crippen LogP contribution in [0.4, 0.5) is 0 Å². The van der Waals surface area contributed by atoms with Crippen LogP contribution in [-0.4, -0.2) is 64.1 Å².